The Kier molecular flexibility index (Phi) is 6.68. The highest BCUT2D eigenvalue weighted by molar-refractivity contribution is 6.61. The summed E-state index contributed by atoms with van der Waals surface area (Å²) in [4.78, 5) is 22.1. The molecule has 0 amide bonds. The SMILES string of the molecule is CC1(C)OB(O)c2cnc(Nc3cc(N[C@H](CO)c4ccccc4)c(-c4nc(-c5cccnc5)no4)cn3)nc21. The monoisotopic (exact) mass is 536 g/mol. The third kappa shape index (κ3) is 5.00. The predicted molar refractivity (Wildman–Crippen MR) is 148 cm³/mol. The predicted octanol–water partition coefficient (Wildman–Crippen LogP) is 2.83. The number of fused-ring (bicyclic) bond motifs is 1. The van der Waals surface area contributed by atoms with Gasteiger partial charge in [-0.15, -0.1) is 0 Å². The van der Waals surface area contributed by atoms with Gasteiger partial charge in [0.1, 0.15) is 5.82 Å². The molecule has 0 unspecified atom stereocenters. The van der Waals surface area contributed by atoms with Gasteiger partial charge in [0, 0.05) is 41.9 Å². The Bertz CT molecular complexity index is 1630. The molecule has 0 fully saturated rings. The zero-order chi connectivity index (χ0) is 27.7. The van der Waals surface area contributed by atoms with Crippen LogP contribution in [0.1, 0.15) is 31.1 Å². The van der Waals surface area contributed by atoms with Crippen LogP contribution in [0.2, 0.25) is 0 Å². The van der Waals surface area contributed by atoms with Crippen molar-refractivity contribution >= 4 is 30.0 Å². The van der Waals surface area contributed by atoms with Crippen LogP contribution in [0.4, 0.5) is 17.5 Å². The van der Waals surface area contributed by atoms with Gasteiger partial charge in [-0.2, -0.15) is 4.98 Å². The number of benzene rings is 1. The van der Waals surface area contributed by atoms with E-state index < -0.39 is 18.8 Å². The summed E-state index contributed by atoms with van der Waals surface area (Å²) in [7, 11) is -1.08. The molecule has 0 saturated carbocycles. The molecule has 0 saturated heterocycles. The molecule has 0 aliphatic carbocycles. The fraction of sp³-hybridized carbons (Fsp3) is 0.185. The van der Waals surface area contributed by atoms with Crippen molar-refractivity contribution in [2.24, 2.45) is 0 Å². The van der Waals surface area contributed by atoms with Crippen molar-refractivity contribution in [3.63, 3.8) is 0 Å². The van der Waals surface area contributed by atoms with Gasteiger partial charge >= 0.3 is 7.12 Å². The first-order valence-corrected chi connectivity index (χ1v) is 12.6. The first kappa shape index (κ1) is 25.6. The molecule has 200 valence electrons. The minimum absolute atomic E-state index is 0.162. The van der Waals surface area contributed by atoms with Crippen molar-refractivity contribution in [1.82, 2.24) is 30.1 Å². The highest BCUT2D eigenvalue weighted by Crippen LogP contribution is 2.33. The maximum absolute atomic E-state index is 10.2. The van der Waals surface area contributed by atoms with Crippen LogP contribution in [0.5, 0.6) is 0 Å². The molecule has 0 bridgehead atoms. The van der Waals surface area contributed by atoms with E-state index in [9.17, 15) is 10.1 Å². The Morgan fingerprint density at radius 1 is 1.02 bits per heavy atom. The molecule has 1 aromatic carbocycles. The van der Waals surface area contributed by atoms with Crippen molar-refractivity contribution in [3.8, 4) is 22.8 Å². The van der Waals surface area contributed by atoms with Crippen molar-refractivity contribution in [3.05, 3.63) is 84.6 Å². The van der Waals surface area contributed by atoms with Gasteiger partial charge in [-0.05, 0) is 31.5 Å². The topological polar surface area (TPSA) is 164 Å². The number of rotatable bonds is 8. The number of pyridine rings is 2. The molecule has 6 rings (SSSR count). The Hall–Kier alpha value is -4.72. The summed E-state index contributed by atoms with van der Waals surface area (Å²) in [5, 5.41) is 31.0. The molecule has 0 spiro atoms. The van der Waals surface area contributed by atoms with Gasteiger partial charge in [0.25, 0.3) is 5.89 Å². The lowest BCUT2D eigenvalue weighted by atomic mass is 9.82. The van der Waals surface area contributed by atoms with Crippen LogP contribution in [-0.4, -0.2) is 53.9 Å². The molecule has 4 aromatic heterocycles. The van der Waals surface area contributed by atoms with Crippen LogP contribution < -0.4 is 16.1 Å². The zero-order valence-electron chi connectivity index (χ0n) is 21.7. The van der Waals surface area contributed by atoms with E-state index in [1.807, 2.05) is 50.2 Å². The summed E-state index contributed by atoms with van der Waals surface area (Å²) >= 11 is 0. The molecule has 0 radical (unpaired) electrons. The van der Waals surface area contributed by atoms with Gasteiger partial charge in [0.05, 0.1) is 35.2 Å². The Morgan fingerprint density at radius 2 is 1.88 bits per heavy atom. The second-order valence-electron chi connectivity index (χ2n) is 9.67. The second kappa shape index (κ2) is 10.5. The van der Waals surface area contributed by atoms with Crippen LogP contribution >= 0.6 is 0 Å². The fourth-order valence-corrected chi connectivity index (χ4v) is 4.49. The summed E-state index contributed by atoms with van der Waals surface area (Å²) in [6.45, 7) is 3.50. The lowest BCUT2D eigenvalue weighted by Gasteiger charge is -2.20. The van der Waals surface area contributed by atoms with Crippen molar-refractivity contribution in [2.75, 3.05) is 17.2 Å². The molecule has 1 aliphatic rings. The van der Waals surface area contributed by atoms with Crippen LogP contribution in [-0.2, 0) is 10.3 Å². The summed E-state index contributed by atoms with van der Waals surface area (Å²) in [5.74, 6) is 1.35. The molecule has 12 nitrogen and oxygen atoms in total. The minimum Gasteiger partial charge on any atom is -0.423 e. The van der Waals surface area contributed by atoms with Gasteiger partial charge in [-0.25, -0.2) is 15.0 Å². The Morgan fingerprint density at radius 3 is 2.65 bits per heavy atom. The number of nitrogens with zero attached hydrogens (tertiary/aromatic N) is 6. The maximum Gasteiger partial charge on any atom is 0.495 e. The van der Waals surface area contributed by atoms with E-state index in [0.717, 1.165) is 5.56 Å². The molecular formula is C27H25BN8O4. The lowest BCUT2D eigenvalue weighted by molar-refractivity contribution is 0.0970. The van der Waals surface area contributed by atoms with E-state index in [2.05, 4.69) is 40.7 Å². The van der Waals surface area contributed by atoms with Crippen LogP contribution in [0.15, 0.2) is 77.8 Å². The van der Waals surface area contributed by atoms with E-state index in [1.54, 1.807) is 30.7 Å². The van der Waals surface area contributed by atoms with E-state index in [-0.39, 0.29) is 18.4 Å². The molecular weight excluding hydrogens is 511 g/mol. The number of anilines is 3. The molecule has 1 aliphatic heterocycles. The molecule has 5 aromatic rings. The summed E-state index contributed by atoms with van der Waals surface area (Å²) in [6.07, 6.45) is 6.45. The van der Waals surface area contributed by atoms with Crippen molar-refractivity contribution < 1.29 is 19.3 Å². The van der Waals surface area contributed by atoms with Crippen LogP contribution in [0, 0.1) is 0 Å². The standard InChI is InChI=1S/C27H25BN8O4/c1-27(2)23-19(28(38)40-27)14-31-26(34-23)33-22-11-20(32-21(15-37)16-7-4-3-5-8-16)18(13-30-22)25-35-24(36-39-25)17-9-6-10-29-12-17/h3-14,21,37-38H,15H2,1-2H3,(H2,30,31,32,33,34)/t21-/m1/s1. The van der Waals surface area contributed by atoms with Crippen molar-refractivity contribution in [1.29, 1.82) is 0 Å². The number of hydrogen-bond donors (Lipinski definition) is 4. The fourth-order valence-electron chi connectivity index (χ4n) is 4.49. The highest BCUT2D eigenvalue weighted by Gasteiger charge is 2.42. The summed E-state index contributed by atoms with van der Waals surface area (Å²) in [5.41, 5.74) is 3.07. The van der Waals surface area contributed by atoms with Crippen LogP contribution in [0.3, 0.4) is 0 Å². The number of aliphatic hydroxyl groups is 1. The number of hydrogen-bond acceptors (Lipinski definition) is 12. The van der Waals surface area contributed by atoms with Crippen molar-refractivity contribution in [2.45, 2.75) is 25.5 Å². The Labute approximate surface area is 229 Å². The van der Waals surface area contributed by atoms with E-state index in [4.69, 9.17) is 9.18 Å². The third-order valence-electron chi connectivity index (χ3n) is 6.49. The number of aliphatic hydroxyl groups excluding tert-OH is 1. The molecule has 40 heavy (non-hydrogen) atoms. The summed E-state index contributed by atoms with van der Waals surface area (Å²) in [6, 6.07) is 14.5. The largest absolute Gasteiger partial charge is 0.495 e. The van der Waals surface area contributed by atoms with Gasteiger partial charge in [0.2, 0.25) is 11.8 Å². The van der Waals surface area contributed by atoms with E-state index >= 15 is 0 Å². The highest BCUT2D eigenvalue weighted by atomic mass is 16.5. The average molecular weight is 536 g/mol. The minimum atomic E-state index is -1.08. The zero-order valence-corrected chi connectivity index (χ0v) is 21.7. The maximum atomic E-state index is 10.2. The average Bonchev–Trinajstić information content (AvgIpc) is 3.55. The number of nitrogens with one attached hydrogen (secondary N) is 2. The molecule has 13 heteroatoms. The van der Waals surface area contributed by atoms with E-state index in [0.29, 0.717) is 39.6 Å². The number of aromatic nitrogens is 6. The summed E-state index contributed by atoms with van der Waals surface area (Å²) < 4.78 is 11.2. The lowest BCUT2D eigenvalue weighted by Crippen LogP contribution is -2.29. The van der Waals surface area contributed by atoms with Gasteiger partial charge < -0.3 is 29.9 Å². The molecule has 5 heterocycles. The van der Waals surface area contributed by atoms with Crippen LogP contribution in [0.25, 0.3) is 22.8 Å². The third-order valence-corrected chi connectivity index (χ3v) is 6.49. The first-order valence-electron chi connectivity index (χ1n) is 12.6. The first-order chi connectivity index (χ1) is 19.4. The molecule has 1 atom stereocenters. The quantitative estimate of drug-likeness (QED) is 0.215. The Balaban J connectivity index is 1.36. The normalized spacial score (nSPS) is 14.6. The van der Waals surface area contributed by atoms with Gasteiger partial charge in [0.15, 0.2) is 0 Å². The second-order valence-corrected chi connectivity index (χ2v) is 9.67. The molecule has 4 N–H and O–H groups in total. The smallest absolute Gasteiger partial charge is 0.423 e. The van der Waals surface area contributed by atoms with Gasteiger partial charge in [-0.3, -0.25) is 4.98 Å². The van der Waals surface area contributed by atoms with E-state index in [1.165, 1.54) is 6.20 Å². The van der Waals surface area contributed by atoms with Gasteiger partial charge in [-0.1, -0.05) is 35.5 Å².